The van der Waals surface area contributed by atoms with E-state index >= 15 is 0 Å². The standard InChI is InChI=1S/C20H26BNO4/c1-19(2)20(3,4)26-21(25-19)15-8-9-17-14(11-15)12-16(13-22-17)24-18-7-5-6-10-23-18/h8-9,11-13,18H,5-7,10H2,1-4H3. The molecule has 0 amide bonds. The predicted molar refractivity (Wildman–Crippen MR) is 102 cm³/mol. The lowest BCUT2D eigenvalue weighted by atomic mass is 9.78. The van der Waals surface area contributed by atoms with Crippen LogP contribution in [0.5, 0.6) is 5.75 Å². The maximum Gasteiger partial charge on any atom is 0.494 e. The van der Waals surface area contributed by atoms with Crippen LogP contribution in [0, 0.1) is 0 Å². The average Bonchev–Trinajstić information content (AvgIpc) is 2.83. The van der Waals surface area contributed by atoms with Crippen molar-refractivity contribution in [2.45, 2.75) is 64.4 Å². The highest BCUT2D eigenvalue weighted by molar-refractivity contribution is 6.62. The summed E-state index contributed by atoms with van der Waals surface area (Å²) in [5.41, 5.74) is 1.20. The van der Waals surface area contributed by atoms with Crippen LogP contribution in [-0.4, -0.2) is 36.2 Å². The molecule has 1 atom stereocenters. The van der Waals surface area contributed by atoms with Crippen molar-refractivity contribution < 1.29 is 18.8 Å². The van der Waals surface area contributed by atoms with Crippen molar-refractivity contribution >= 4 is 23.5 Å². The van der Waals surface area contributed by atoms with E-state index in [1.54, 1.807) is 6.20 Å². The molecule has 4 rings (SSSR count). The first-order valence-corrected chi connectivity index (χ1v) is 9.38. The van der Waals surface area contributed by atoms with E-state index < -0.39 is 0 Å². The highest BCUT2D eigenvalue weighted by atomic mass is 16.7. The van der Waals surface area contributed by atoms with Crippen LogP contribution in [0.4, 0.5) is 0 Å². The fourth-order valence-electron chi connectivity index (χ4n) is 3.28. The third-order valence-corrected chi connectivity index (χ3v) is 5.61. The molecule has 1 aromatic heterocycles. The maximum atomic E-state index is 6.16. The van der Waals surface area contributed by atoms with E-state index in [0.717, 1.165) is 48.0 Å². The van der Waals surface area contributed by atoms with Crippen molar-refractivity contribution in [2.75, 3.05) is 6.61 Å². The van der Waals surface area contributed by atoms with Gasteiger partial charge in [0, 0.05) is 11.8 Å². The van der Waals surface area contributed by atoms with Gasteiger partial charge in [0.25, 0.3) is 0 Å². The molecular formula is C20H26BNO4. The third-order valence-electron chi connectivity index (χ3n) is 5.61. The van der Waals surface area contributed by atoms with Crippen molar-refractivity contribution in [3.63, 3.8) is 0 Å². The zero-order valence-corrected chi connectivity index (χ0v) is 16.0. The van der Waals surface area contributed by atoms with Crippen molar-refractivity contribution in [1.82, 2.24) is 4.98 Å². The molecule has 0 spiro atoms. The van der Waals surface area contributed by atoms with Gasteiger partial charge >= 0.3 is 7.12 Å². The quantitative estimate of drug-likeness (QED) is 0.790. The van der Waals surface area contributed by atoms with Gasteiger partial charge in [0.2, 0.25) is 0 Å². The molecule has 2 aliphatic heterocycles. The molecule has 0 N–H and O–H groups in total. The average molecular weight is 355 g/mol. The highest BCUT2D eigenvalue weighted by Gasteiger charge is 2.51. The number of rotatable bonds is 3. The summed E-state index contributed by atoms with van der Waals surface area (Å²) in [6.07, 6.45) is 4.75. The van der Waals surface area contributed by atoms with Crippen LogP contribution < -0.4 is 10.2 Å². The molecule has 5 nitrogen and oxygen atoms in total. The number of hydrogen-bond donors (Lipinski definition) is 0. The Morgan fingerprint density at radius 1 is 1.08 bits per heavy atom. The monoisotopic (exact) mass is 355 g/mol. The number of ether oxygens (including phenoxy) is 2. The second kappa shape index (κ2) is 6.52. The smallest absolute Gasteiger partial charge is 0.463 e. The first-order valence-electron chi connectivity index (χ1n) is 9.38. The highest BCUT2D eigenvalue weighted by Crippen LogP contribution is 2.36. The summed E-state index contributed by atoms with van der Waals surface area (Å²) in [6.45, 7) is 9.01. The summed E-state index contributed by atoms with van der Waals surface area (Å²) < 4.78 is 23.9. The van der Waals surface area contributed by atoms with E-state index in [0.29, 0.717) is 0 Å². The largest absolute Gasteiger partial charge is 0.494 e. The van der Waals surface area contributed by atoms with E-state index in [4.69, 9.17) is 18.8 Å². The second-order valence-corrected chi connectivity index (χ2v) is 8.13. The number of nitrogens with zero attached hydrogens (tertiary/aromatic N) is 1. The Morgan fingerprint density at radius 2 is 1.85 bits per heavy atom. The third kappa shape index (κ3) is 3.33. The SMILES string of the molecule is CC1(C)OB(c2ccc3ncc(OC4CCCCO4)cc3c2)OC1(C)C. The summed E-state index contributed by atoms with van der Waals surface area (Å²) in [6, 6.07) is 8.09. The van der Waals surface area contributed by atoms with Crippen molar-refractivity contribution in [3.05, 3.63) is 30.5 Å². The van der Waals surface area contributed by atoms with Crippen LogP contribution in [0.3, 0.4) is 0 Å². The van der Waals surface area contributed by atoms with Gasteiger partial charge < -0.3 is 18.8 Å². The van der Waals surface area contributed by atoms with Crippen LogP contribution in [0.2, 0.25) is 0 Å². The lowest BCUT2D eigenvalue weighted by Crippen LogP contribution is -2.41. The van der Waals surface area contributed by atoms with Gasteiger partial charge in [-0.1, -0.05) is 12.1 Å². The Bertz CT molecular complexity index is 785. The summed E-state index contributed by atoms with van der Waals surface area (Å²) in [4.78, 5) is 4.51. The molecule has 138 valence electrons. The Morgan fingerprint density at radius 3 is 2.54 bits per heavy atom. The van der Waals surface area contributed by atoms with E-state index in [-0.39, 0.29) is 24.6 Å². The van der Waals surface area contributed by atoms with Gasteiger partial charge in [0.1, 0.15) is 5.75 Å². The molecule has 0 bridgehead atoms. The first kappa shape index (κ1) is 17.8. The molecular weight excluding hydrogens is 329 g/mol. The molecule has 0 radical (unpaired) electrons. The first-order chi connectivity index (χ1) is 12.3. The van der Waals surface area contributed by atoms with Gasteiger partial charge in [-0.3, -0.25) is 4.98 Å². The minimum atomic E-state index is -0.379. The van der Waals surface area contributed by atoms with E-state index in [2.05, 4.69) is 38.7 Å². The summed E-state index contributed by atoms with van der Waals surface area (Å²) in [5, 5.41) is 1.01. The number of fused-ring (bicyclic) bond motifs is 1. The minimum absolute atomic E-state index is 0.172. The van der Waals surface area contributed by atoms with Crippen molar-refractivity contribution in [2.24, 2.45) is 0 Å². The van der Waals surface area contributed by atoms with Gasteiger partial charge in [0.05, 0.1) is 29.5 Å². The van der Waals surface area contributed by atoms with Crippen LogP contribution in [-0.2, 0) is 14.0 Å². The Kier molecular flexibility index (Phi) is 4.45. The normalized spacial score (nSPS) is 24.8. The van der Waals surface area contributed by atoms with E-state index in [1.807, 2.05) is 18.2 Å². The Hall–Kier alpha value is -1.63. The van der Waals surface area contributed by atoms with E-state index in [1.165, 1.54) is 0 Å². The molecule has 3 heterocycles. The molecule has 2 saturated heterocycles. The number of pyridine rings is 1. The van der Waals surface area contributed by atoms with Crippen molar-refractivity contribution in [1.29, 1.82) is 0 Å². The molecule has 26 heavy (non-hydrogen) atoms. The molecule has 2 fully saturated rings. The Labute approximate surface area is 155 Å². The van der Waals surface area contributed by atoms with Crippen LogP contribution in [0.15, 0.2) is 30.5 Å². The fraction of sp³-hybridized carbons (Fsp3) is 0.550. The van der Waals surface area contributed by atoms with E-state index in [9.17, 15) is 0 Å². The lowest BCUT2D eigenvalue weighted by Gasteiger charge is -2.32. The zero-order valence-electron chi connectivity index (χ0n) is 16.0. The minimum Gasteiger partial charge on any atom is -0.463 e. The molecule has 0 aliphatic carbocycles. The lowest BCUT2D eigenvalue weighted by molar-refractivity contribution is -0.105. The number of benzene rings is 1. The number of aromatic nitrogens is 1. The van der Waals surface area contributed by atoms with Gasteiger partial charge in [-0.05, 0) is 58.1 Å². The maximum absolute atomic E-state index is 6.16. The predicted octanol–water partition coefficient (Wildman–Crippen LogP) is 3.44. The summed E-state index contributed by atoms with van der Waals surface area (Å²) in [7, 11) is -0.379. The topological polar surface area (TPSA) is 49.8 Å². The van der Waals surface area contributed by atoms with Crippen LogP contribution in [0.1, 0.15) is 47.0 Å². The van der Waals surface area contributed by atoms with Gasteiger partial charge in [-0.2, -0.15) is 0 Å². The molecule has 1 unspecified atom stereocenters. The zero-order chi connectivity index (χ0) is 18.4. The molecule has 1 aromatic carbocycles. The summed E-state index contributed by atoms with van der Waals surface area (Å²) >= 11 is 0. The van der Waals surface area contributed by atoms with Crippen molar-refractivity contribution in [3.8, 4) is 5.75 Å². The van der Waals surface area contributed by atoms with Gasteiger partial charge in [-0.15, -0.1) is 0 Å². The van der Waals surface area contributed by atoms with Crippen LogP contribution in [0.25, 0.3) is 10.9 Å². The molecule has 6 heteroatoms. The molecule has 2 aromatic rings. The number of hydrogen-bond acceptors (Lipinski definition) is 5. The fourth-order valence-corrected chi connectivity index (χ4v) is 3.28. The van der Waals surface area contributed by atoms with Gasteiger partial charge in [-0.25, -0.2) is 0 Å². The second-order valence-electron chi connectivity index (χ2n) is 8.13. The van der Waals surface area contributed by atoms with Gasteiger partial charge in [0.15, 0.2) is 6.29 Å². The molecule has 2 aliphatic rings. The molecule has 0 saturated carbocycles. The van der Waals surface area contributed by atoms with Crippen LogP contribution >= 0.6 is 0 Å². The summed E-state index contributed by atoms with van der Waals surface area (Å²) in [5.74, 6) is 0.732. The Balaban J connectivity index is 1.58.